The average molecular weight is 387 g/mol. The van der Waals surface area contributed by atoms with Crippen LogP contribution >= 0.6 is 22.7 Å². The highest BCUT2D eigenvalue weighted by atomic mass is 32.1. The van der Waals surface area contributed by atoms with Crippen LogP contribution in [0.4, 0.5) is 4.79 Å². The summed E-state index contributed by atoms with van der Waals surface area (Å²) < 4.78 is 6.79. The molecule has 0 N–H and O–H groups in total. The summed E-state index contributed by atoms with van der Waals surface area (Å²) in [5.74, 6) is 0. The Hall–Kier alpha value is -1.92. The van der Waals surface area contributed by atoms with Crippen LogP contribution in [0.15, 0.2) is 29.6 Å². The van der Waals surface area contributed by atoms with Crippen molar-refractivity contribution in [3.05, 3.63) is 40.1 Å². The van der Waals surface area contributed by atoms with E-state index in [1.807, 2.05) is 37.8 Å². The fourth-order valence-electron chi connectivity index (χ4n) is 3.23. The topological polar surface area (TPSA) is 42.4 Å². The Balaban J connectivity index is 1.63. The highest BCUT2D eigenvalue weighted by Crippen LogP contribution is 2.40. The Bertz CT molecular complexity index is 935. The van der Waals surface area contributed by atoms with Crippen LogP contribution in [-0.4, -0.2) is 27.6 Å². The number of thiazole rings is 1. The Morgan fingerprint density at radius 3 is 2.81 bits per heavy atom. The molecule has 3 heterocycles. The molecule has 3 aromatic rings. The van der Waals surface area contributed by atoms with E-state index in [-0.39, 0.29) is 12.1 Å². The van der Waals surface area contributed by atoms with Gasteiger partial charge in [0.2, 0.25) is 0 Å². The predicted octanol–water partition coefficient (Wildman–Crippen LogP) is 5.71. The zero-order chi connectivity index (χ0) is 18.5. The summed E-state index contributed by atoms with van der Waals surface area (Å²) >= 11 is 3.45. The molecule has 1 aliphatic heterocycles. The third-order valence-corrected chi connectivity index (χ3v) is 6.56. The van der Waals surface area contributed by atoms with Crippen LogP contribution in [-0.2, 0) is 17.7 Å². The van der Waals surface area contributed by atoms with E-state index >= 15 is 0 Å². The molecule has 6 heteroatoms. The van der Waals surface area contributed by atoms with E-state index in [0.717, 1.165) is 16.9 Å². The molecule has 0 saturated heterocycles. The van der Waals surface area contributed by atoms with E-state index in [9.17, 15) is 4.79 Å². The van der Waals surface area contributed by atoms with Gasteiger partial charge in [0, 0.05) is 21.9 Å². The number of carbonyl (C=O) groups excluding carboxylic acids is 1. The summed E-state index contributed by atoms with van der Waals surface area (Å²) in [4.78, 5) is 20.4. The molecule has 0 bridgehead atoms. The average Bonchev–Trinajstić information content (AvgIpc) is 3.15. The molecule has 4 rings (SSSR count). The Morgan fingerprint density at radius 1 is 1.31 bits per heavy atom. The van der Waals surface area contributed by atoms with Crippen molar-refractivity contribution in [1.29, 1.82) is 0 Å². The molecule has 1 unspecified atom stereocenters. The zero-order valence-corrected chi connectivity index (χ0v) is 17.0. The van der Waals surface area contributed by atoms with Crippen LogP contribution in [0.1, 0.15) is 38.1 Å². The van der Waals surface area contributed by atoms with Gasteiger partial charge in [-0.1, -0.05) is 12.1 Å². The van der Waals surface area contributed by atoms with Crippen LogP contribution in [0.25, 0.3) is 20.8 Å². The number of fused-ring (bicyclic) bond motifs is 2. The van der Waals surface area contributed by atoms with Gasteiger partial charge < -0.3 is 9.64 Å². The van der Waals surface area contributed by atoms with Gasteiger partial charge in [0.1, 0.15) is 10.6 Å². The zero-order valence-electron chi connectivity index (χ0n) is 15.4. The Labute approximate surface area is 161 Å². The molecular weight excluding hydrogens is 364 g/mol. The number of para-hydroxylation sites is 1. The summed E-state index contributed by atoms with van der Waals surface area (Å²) in [7, 11) is 0. The number of rotatable bonds is 1. The highest BCUT2D eigenvalue weighted by molar-refractivity contribution is 7.22. The number of amides is 1. The second-order valence-electron chi connectivity index (χ2n) is 7.70. The van der Waals surface area contributed by atoms with Crippen molar-refractivity contribution in [1.82, 2.24) is 9.88 Å². The van der Waals surface area contributed by atoms with Crippen LogP contribution in [0.2, 0.25) is 0 Å². The summed E-state index contributed by atoms with van der Waals surface area (Å²) in [5, 5.41) is 3.26. The number of nitrogens with zero attached hydrogens (tertiary/aromatic N) is 2. The molecule has 136 valence electrons. The van der Waals surface area contributed by atoms with Crippen molar-refractivity contribution in [2.45, 2.75) is 52.3 Å². The lowest BCUT2D eigenvalue weighted by molar-refractivity contribution is 0.0142. The number of benzene rings is 1. The molecule has 0 radical (unpaired) electrons. The SMILES string of the molecule is CC1Cc2c(-c3nc4ccccc4s3)csc2CN1C(=O)OC(C)(C)C. The highest BCUT2D eigenvalue weighted by Gasteiger charge is 2.33. The Kier molecular flexibility index (Phi) is 4.28. The van der Waals surface area contributed by atoms with Crippen molar-refractivity contribution in [2.24, 2.45) is 0 Å². The first-order valence-corrected chi connectivity index (χ1v) is 10.5. The molecule has 1 atom stereocenters. The first-order valence-electron chi connectivity index (χ1n) is 8.76. The molecule has 2 aromatic heterocycles. The number of carbonyl (C=O) groups is 1. The van der Waals surface area contributed by atoms with Crippen molar-refractivity contribution in [3.8, 4) is 10.6 Å². The van der Waals surface area contributed by atoms with E-state index in [1.165, 1.54) is 20.7 Å². The van der Waals surface area contributed by atoms with Crippen molar-refractivity contribution < 1.29 is 9.53 Å². The first-order chi connectivity index (χ1) is 12.3. The maximum atomic E-state index is 12.5. The van der Waals surface area contributed by atoms with E-state index in [2.05, 4.69) is 24.4 Å². The van der Waals surface area contributed by atoms with Crippen molar-refractivity contribution >= 4 is 39.0 Å². The van der Waals surface area contributed by atoms with Gasteiger partial charge in [0.25, 0.3) is 0 Å². The lowest BCUT2D eigenvalue weighted by Gasteiger charge is -2.35. The number of aromatic nitrogens is 1. The van der Waals surface area contributed by atoms with Crippen molar-refractivity contribution in [2.75, 3.05) is 0 Å². The van der Waals surface area contributed by atoms with Crippen molar-refractivity contribution in [3.63, 3.8) is 0 Å². The number of ether oxygens (including phenoxy) is 1. The lowest BCUT2D eigenvalue weighted by atomic mass is 9.98. The monoisotopic (exact) mass is 386 g/mol. The molecule has 26 heavy (non-hydrogen) atoms. The molecule has 0 saturated carbocycles. The minimum atomic E-state index is -0.474. The number of hydrogen-bond donors (Lipinski definition) is 0. The first kappa shape index (κ1) is 17.5. The van der Waals surface area contributed by atoms with Gasteiger partial charge in [-0.3, -0.25) is 0 Å². The Morgan fingerprint density at radius 2 is 2.08 bits per heavy atom. The van der Waals surface area contributed by atoms with Gasteiger partial charge in [-0.25, -0.2) is 9.78 Å². The standard InChI is InChI=1S/C20H22N2O2S2/c1-12-9-13-14(18-21-15-7-5-6-8-16(15)26-18)11-25-17(13)10-22(12)19(23)24-20(2,3)4/h5-8,11-12H,9-10H2,1-4H3. The fourth-order valence-corrected chi connectivity index (χ4v) is 5.37. The summed E-state index contributed by atoms with van der Waals surface area (Å²) in [5.41, 5.74) is 3.13. The van der Waals surface area contributed by atoms with E-state index < -0.39 is 5.60 Å². The van der Waals surface area contributed by atoms with Gasteiger partial charge in [-0.05, 0) is 51.8 Å². The summed E-state index contributed by atoms with van der Waals surface area (Å²) in [6, 6.07) is 8.35. The third kappa shape index (κ3) is 3.23. The summed E-state index contributed by atoms with van der Waals surface area (Å²) in [6.45, 7) is 8.41. The maximum Gasteiger partial charge on any atom is 0.410 e. The van der Waals surface area contributed by atoms with E-state index in [4.69, 9.17) is 9.72 Å². The van der Waals surface area contributed by atoms with Gasteiger partial charge >= 0.3 is 6.09 Å². The molecule has 4 nitrogen and oxygen atoms in total. The molecular formula is C20H22N2O2S2. The van der Waals surface area contributed by atoms with Crippen LogP contribution in [0.5, 0.6) is 0 Å². The maximum absolute atomic E-state index is 12.5. The minimum absolute atomic E-state index is 0.111. The fraction of sp³-hybridized carbons (Fsp3) is 0.400. The molecule has 0 aliphatic carbocycles. The van der Waals surface area contributed by atoms with Gasteiger partial charge in [0.15, 0.2) is 0 Å². The lowest BCUT2D eigenvalue weighted by Crippen LogP contribution is -2.44. The number of thiophene rings is 1. The van der Waals surface area contributed by atoms with Crippen LogP contribution in [0, 0.1) is 0 Å². The van der Waals surface area contributed by atoms with Gasteiger partial charge in [-0.2, -0.15) is 0 Å². The van der Waals surface area contributed by atoms with Gasteiger partial charge in [-0.15, -0.1) is 22.7 Å². The molecule has 1 amide bonds. The second kappa shape index (κ2) is 6.35. The quantitative estimate of drug-likeness (QED) is 0.538. The van der Waals surface area contributed by atoms with Crippen LogP contribution in [0.3, 0.4) is 0 Å². The normalized spacial score (nSPS) is 17.4. The van der Waals surface area contributed by atoms with Crippen LogP contribution < -0.4 is 0 Å². The minimum Gasteiger partial charge on any atom is -0.444 e. The summed E-state index contributed by atoms with van der Waals surface area (Å²) in [6.07, 6.45) is 0.606. The molecule has 0 spiro atoms. The molecule has 1 aromatic carbocycles. The van der Waals surface area contributed by atoms with E-state index in [0.29, 0.717) is 6.54 Å². The molecule has 1 aliphatic rings. The predicted molar refractivity (Wildman–Crippen MR) is 108 cm³/mol. The third-order valence-electron chi connectivity index (χ3n) is 4.48. The second-order valence-corrected chi connectivity index (χ2v) is 9.69. The number of hydrogen-bond acceptors (Lipinski definition) is 5. The largest absolute Gasteiger partial charge is 0.444 e. The van der Waals surface area contributed by atoms with E-state index in [1.54, 1.807) is 22.7 Å². The smallest absolute Gasteiger partial charge is 0.410 e. The van der Waals surface area contributed by atoms with Gasteiger partial charge in [0.05, 0.1) is 16.8 Å². The molecule has 0 fully saturated rings.